The van der Waals surface area contributed by atoms with Crippen molar-refractivity contribution in [3.8, 4) is 5.75 Å². The lowest BCUT2D eigenvalue weighted by molar-refractivity contribution is -0.122. The first kappa shape index (κ1) is 18.3. The van der Waals surface area contributed by atoms with Crippen molar-refractivity contribution in [3.63, 3.8) is 0 Å². The van der Waals surface area contributed by atoms with Gasteiger partial charge in [-0.2, -0.15) is 0 Å². The second-order valence-corrected chi connectivity index (χ2v) is 8.52. The maximum Gasteiger partial charge on any atom is 0.267 e. The summed E-state index contributed by atoms with van der Waals surface area (Å²) in [5.41, 5.74) is 4.10. The number of amides is 1. The average molecular weight is 374 g/mol. The fourth-order valence-electron chi connectivity index (χ4n) is 2.91. The highest BCUT2D eigenvalue weighted by molar-refractivity contribution is 7.92. The summed E-state index contributed by atoms with van der Waals surface area (Å²) in [4.78, 5) is 12.7. The number of rotatable bonds is 3. The van der Waals surface area contributed by atoms with Gasteiger partial charge in [0, 0.05) is 5.69 Å². The Balaban J connectivity index is 1.91. The van der Waals surface area contributed by atoms with E-state index in [-0.39, 0.29) is 12.5 Å². The number of anilines is 2. The van der Waals surface area contributed by atoms with E-state index in [4.69, 9.17) is 4.74 Å². The molecule has 0 bridgehead atoms. The lowest BCUT2D eigenvalue weighted by atomic mass is 10.1. The molecule has 7 heteroatoms. The van der Waals surface area contributed by atoms with Gasteiger partial charge < -0.3 is 10.1 Å². The molecule has 138 valence electrons. The predicted molar refractivity (Wildman–Crippen MR) is 102 cm³/mol. The highest BCUT2D eigenvalue weighted by Gasteiger charge is 2.35. The number of fused-ring (bicyclic) bond motifs is 1. The fraction of sp³-hybridized carbons (Fsp3) is 0.316. The van der Waals surface area contributed by atoms with Crippen molar-refractivity contribution >= 4 is 27.3 Å². The molecule has 0 saturated heterocycles. The summed E-state index contributed by atoms with van der Waals surface area (Å²) in [7, 11) is -3.54. The first-order chi connectivity index (χ1) is 12.2. The largest absolute Gasteiger partial charge is 0.476 e. The number of carbonyl (C=O) groups is 1. The number of hydrogen-bond donors (Lipinski definition) is 1. The van der Waals surface area contributed by atoms with E-state index in [1.54, 1.807) is 12.1 Å². The second-order valence-electron chi connectivity index (χ2n) is 6.61. The number of hydrogen-bond acceptors (Lipinski definition) is 4. The van der Waals surface area contributed by atoms with E-state index in [9.17, 15) is 13.2 Å². The Labute approximate surface area is 153 Å². The summed E-state index contributed by atoms with van der Waals surface area (Å²) >= 11 is 0. The van der Waals surface area contributed by atoms with Crippen LogP contribution in [0.4, 0.5) is 11.4 Å². The molecule has 3 rings (SSSR count). The Bertz CT molecular complexity index is 969. The first-order valence-corrected chi connectivity index (χ1v) is 10.1. The number of nitrogens with zero attached hydrogens (tertiary/aromatic N) is 1. The molecule has 1 N–H and O–H groups in total. The Hall–Kier alpha value is -2.54. The molecule has 1 aliphatic rings. The van der Waals surface area contributed by atoms with Crippen molar-refractivity contribution < 1.29 is 17.9 Å². The number of sulfonamides is 1. The van der Waals surface area contributed by atoms with Crippen molar-refractivity contribution in [2.75, 3.05) is 22.4 Å². The van der Waals surface area contributed by atoms with Crippen molar-refractivity contribution in [3.05, 3.63) is 53.1 Å². The van der Waals surface area contributed by atoms with Crippen LogP contribution < -0.4 is 14.4 Å². The summed E-state index contributed by atoms with van der Waals surface area (Å²) in [5.74, 6) is 0.00645. The summed E-state index contributed by atoms with van der Waals surface area (Å²) < 4.78 is 31.5. The minimum atomic E-state index is -3.54. The quantitative estimate of drug-likeness (QED) is 0.896. The Morgan fingerprint density at radius 1 is 1.19 bits per heavy atom. The molecule has 0 fully saturated rings. The molecule has 0 aliphatic carbocycles. The fourth-order valence-corrected chi connectivity index (χ4v) is 3.82. The summed E-state index contributed by atoms with van der Waals surface area (Å²) in [6.07, 6.45) is 0.198. The maximum absolute atomic E-state index is 12.7. The van der Waals surface area contributed by atoms with Gasteiger partial charge in [-0.3, -0.25) is 9.10 Å². The van der Waals surface area contributed by atoms with Crippen LogP contribution in [0.2, 0.25) is 0 Å². The third-order valence-corrected chi connectivity index (χ3v) is 5.69. The van der Waals surface area contributed by atoms with Crippen molar-refractivity contribution in [1.82, 2.24) is 0 Å². The lowest BCUT2D eigenvalue weighted by Gasteiger charge is -2.34. The molecule has 2 aromatic rings. The summed E-state index contributed by atoms with van der Waals surface area (Å²) in [6.45, 7) is 5.70. The molecular formula is C19H22N2O4S. The van der Waals surface area contributed by atoms with Gasteiger partial charge in [0.15, 0.2) is 6.10 Å². The third-order valence-electron chi connectivity index (χ3n) is 4.54. The van der Waals surface area contributed by atoms with Gasteiger partial charge in [-0.15, -0.1) is 0 Å². The Kier molecular flexibility index (Phi) is 4.66. The Morgan fingerprint density at radius 2 is 1.92 bits per heavy atom. The monoisotopic (exact) mass is 374 g/mol. The molecule has 0 saturated carbocycles. The number of carbonyl (C=O) groups excluding carboxylic acids is 1. The number of benzene rings is 2. The van der Waals surface area contributed by atoms with Crippen LogP contribution in [0, 0.1) is 20.8 Å². The van der Waals surface area contributed by atoms with Crippen LogP contribution in [0.25, 0.3) is 0 Å². The SMILES string of the molecule is Cc1ccc2c(c1)N(S(C)(=O)=O)C[C@@H](C(=O)Nc1cccc(C)c1C)O2. The van der Waals surface area contributed by atoms with Gasteiger partial charge in [0.2, 0.25) is 10.0 Å². The smallest absolute Gasteiger partial charge is 0.267 e. The normalized spacial score (nSPS) is 16.6. The van der Waals surface area contributed by atoms with E-state index in [0.717, 1.165) is 22.9 Å². The maximum atomic E-state index is 12.7. The van der Waals surface area contributed by atoms with Crippen LogP contribution in [0.3, 0.4) is 0 Å². The van der Waals surface area contributed by atoms with Crippen molar-refractivity contribution in [2.24, 2.45) is 0 Å². The number of nitrogens with one attached hydrogen (secondary N) is 1. The van der Waals surface area contributed by atoms with Gasteiger partial charge in [0.25, 0.3) is 5.91 Å². The minimum absolute atomic E-state index is 0.0635. The minimum Gasteiger partial charge on any atom is -0.476 e. The highest BCUT2D eigenvalue weighted by Crippen LogP contribution is 2.36. The van der Waals surface area contributed by atoms with Gasteiger partial charge in [-0.05, 0) is 55.7 Å². The van der Waals surface area contributed by atoms with E-state index in [0.29, 0.717) is 17.1 Å². The van der Waals surface area contributed by atoms with Gasteiger partial charge in [0.05, 0.1) is 18.5 Å². The van der Waals surface area contributed by atoms with Gasteiger partial charge in [0.1, 0.15) is 5.75 Å². The highest BCUT2D eigenvalue weighted by atomic mass is 32.2. The van der Waals surface area contributed by atoms with Crippen LogP contribution in [-0.4, -0.2) is 33.2 Å². The topological polar surface area (TPSA) is 75.7 Å². The van der Waals surface area contributed by atoms with Gasteiger partial charge in [-0.1, -0.05) is 18.2 Å². The summed E-state index contributed by atoms with van der Waals surface area (Å²) in [5, 5.41) is 2.85. The molecule has 1 amide bonds. The van der Waals surface area contributed by atoms with Gasteiger partial charge in [-0.25, -0.2) is 8.42 Å². The van der Waals surface area contributed by atoms with Crippen LogP contribution >= 0.6 is 0 Å². The molecule has 0 radical (unpaired) electrons. The van der Waals surface area contributed by atoms with E-state index in [1.807, 2.05) is 45.0 Å². The van der Waals surface area contributed by atoms with E-state index in [2.05, 4.69) is 5.32 Å². The molecule has 0 unspecified atom stereocenters. The predicted octanol–water partition coefficient (Wildman–Crippen LogP) is 2.78. The average Bonchev–Trinajstić information content (AvgIpc) is 2.57. The van der Waals surface area contributed by atoms with Crippen molar-refractivity contribution in [1.29, 1.82) is 0 Å². The molecule has 1 heterocycles. The molecule has 6 nitrogen and oxygen atoms in total. The van der Waals surface area contributed by atoms with E-state index >= 15 is 0 Å². The summed E-state index contributed by atoms with van der Waals surface area (Å²) in [6, 6.07) is 10.9. The number of ether oxygens (including phenoxy) is 1. The lowest BCUT2D eigenvalue weighted by Crippen LogP contribution is -2.48. The van der Waals surface area contributed by atoms with Crippen LogP contribution in [0.5, 0.6) is 5.75 Å². The van der Waals surface area contributed by atoms with E-state index in [1.165, 1.54) is 4.31 Å². The van der Waals surface area contributed by atoms with Gasteiger partial charge >= 0.3 is 0 Å². The molecule has 1 atom stereocenters. The number of aryl methyl sites for hydroxylation is 2. The molecule has 26 heavy (non-hydrogen) atoms. The molecular weight excluding hydrogens is 352 g/mol. The van der Waals surface area contributed by atoms with E-state index < -0.39 is 16.1 Å². The first-order valence-electron chi connectivity index (χ1n) is 8.29. The van der Waals surface area contributed by atoms with Crippen molar-refractivity contribution in [2.45, 2.75) is 26.9 Å². The van der Waals surface area contributed by atoms with Crippen LogP contribution in [0.15, 0.2) is 36.4 Å². The molecule has 0 spiro atoms. The zero-order valence-corrected chi connectivity index (χ0v) is 16.1. The standard InChI is InChI=1S/C19H22N2O4S/c1-12-8-9-17-16(10-12)21(26(4,23)24)11-18(25-17)19(22)20-15-7-5-6-13(2)14(15)3/h5-10,18H,11H2,1-4H3,(H,20,22)/t18-/m0/s1. The molecule has 0 aromatic heterocycles. The second kappa shape index (κ2) is 6.64. The zero-order chi connectivity index (χ0) is 19.1. The van der Waals surface area contributed by atoms with Crippen LogP contribution in [0.1, 0.15) is 16.7 Å². The Morgan fingerprint density at radius 3 is 2.62 bits per heavy atom. The molecule has 1 aliphatic heterocycles. The third kappa shape index (κ3) is 3.53. The van der Waals surface area contributed by atoms with Crippen LogP contribution in [-0.2, 0) is 14.8 Å². The molecule has 2 aromatic carbocycles. The zero-order valence-electron chi connectivity index (χ0n) is 15.2.